The van der Waals surface area contributed by atoms with Crippen LogP contribution in [0.3, 0.4) is 0 Å². The number of likely N-dealkylation sites (tertiary alicyclic amines) is 1. The predicted octanol–water partition coefficient (Wildman–Crippen LogP) is 9.98. The minimum Gasteiger partial charge on any atom is -0.280 e. The third-order valence-electron chi connectivity index (χ3n) is 9.14. The molecule has 0 amide bonds. The maximum absolute atomic E-state index is 5.31. The number of fused-ring (bicyclic) bond motifs is 2. The second-order valence-electron chi connectivity index (χ2n) is 12.0. The minimum absolute atomic E-state index is 0.150. The molecule has 1 aliphatic rings. The van der Waals surface area contributed by atoms with Gasteiger partial charge in [0.15, 0.2) is 0 Å². The van der Waals surface area contributed by atoms with Crippen molar-refractivity contribution in [3.63, 3.8) is 0 Å². The molecule has 0 aliphatic carbocycles. The van der Waals surface area contributed by atoms with E-state index in [0.29, 0.717) is 0 Å². The van der Waals surface area contributed by atoms with Crippen molar-refractivity contribution in [3.05, 3.63) is 163 Å². The summed E-state index contributed by atoms with van der Waals surface area (Å²) in [5.74, 6) is 0. The van der Waals surface area contributed by atoms with Crippen LogP contribution in [-0.4, -0.2) is 19.9 Å². The lowest BCUT2D eigenvalue weighted by molar-refractivity contribution is 0.0674. The normalized spacial score (nSPS) is 17.1. The molecule has 2 atom stereocenters. The van der Waals surface area contributed by atoms with Gasteiger partial charge in [0.2, 0.25) is 0 Å². The number of hydrogen-bond donors (Lipinski definition) is 0. The Balaban J connectivity index is 1.17. The van der Waals surface area contributed by atoms with Crippen LogP contribution in [0.25, 0.3) is 44.1 Å². The lowest BCUT2D eigenvalue weighted by Crippen LogP contribution is -2.37. The number of nitrogens with zero attached hydrogens (tertiary/aromatic N) is 4. The van der Waals surface area contributed by atoms with E-state index in [1.165, 1.54) is 21.5 Å². The number of rotatable bonds is 6. The zero-order chi connectivity index (χ0) is 30.0. The molecule has 1 fully saturated rings. The first-order valence-electron chi connectivity index (χ1n) is 15.9. The average Bonchev–Trinajstić information content (AvgIpc) is 3.12. The van der Waals surface area contributed by atoms with Crippen molar-refractivity contribution in [2.75, 3.05) is 0 Å². The molecule has 0 spiro atoms. The van der Waals surface area contributed by atoms with E-state index >= 15 is 0 Å². The van der Waals surface area contributed by atoms with E-state index in [-0.39, 0.29) is 12.1 Å². The van der Waals surface area contributed by atoms with Gasteiger partial charge < -0.3 is 0 Å². The summed E-state index contributed by atoms with van der Waals surface area (Å²) >= 11 is 0. The van der Waals surface area contributed by atoms with Crippen LogP contribution in [0.5, 0.6) is 0 Å². The van der Waals surface area contributed by atoms with Gasteiger partial charge >= 0.3 is 0 Å². The van der Waals surface area contributed by atoms with Gasteiger partial charge in [0, 0.05) is 23.9 Å². The molecule has 218 valence electrons. The molecule has 1 saturated heterocycles. The molecule has 0 unspecified atom stereocenters. The van der Waals surface area contributed by atoms with Gasteiger partial charge in [-0.25, -0.2) is 0 Å². The first-order valence-corrected chi connectivity index (χ1v) is 15.9. The Kier molecular flexibility index (Phi) is 7.34. The fourth-order valence-corrected chi connectivity index (χ4v) is 6.88. The van der Waals surface area contributed by atoms with Gasteiger partial charge in [-0.15, -0.1) is 0 Å². The molecule has 45 heavy (non-hydrogen) atoms. The number of pyridine rings is 3. The standard InChI is InChI=1S/C41H34N4/c1-3-12-31-26-33(23-21-29(31)10-1)36-15-7-17-38(43-36)40-19-9-20-41(45(40)28-35-14-5-6-25-42-35)39-18-8-16-37(44-39)34-24-22-30-11-2-4-13-32(30)27-34/h1-8,10-18,21-27,40-41H,9,19-20,28H2/t40-,41-/m0/s1. The van der Waals surface area contributed by atoms with Crippen LogP contribution in [0.15, 0.2) is 146 Å². The topological polar surface area (TPSA) is 41.9 Å². The van der Waals surface area contributed by atoms with Crippen molar-refractivity contribution < 1.29 is 0 Å². The summed E-state index contributed by atoms with van der Waals surface area (Å²) in [7, 11) is 0. The van der Waals surface area contributed by atoms with Gasteiger partial charge in [-0.3, -0.25) is 19.9 Å². The molecule has 0 radical (unpaired) electrons. The van der Waals surface area contributed by atoms with E-state index in [9.17, 15) is 0 Å². The Hall–Kier alpha value is -5.19. The lowest BCUT2D eigenvalue weighted by atomic mass is 9.90. The fourth-order valence-electron chi connectivity index (χ4n) is 6.88. The van der Waals surface area contributed by atoms with E-state index in [1.807, 2.05) is 12.3 Å². The lowest BCUT2D eigenvalue weighted by Gasteiger charge is -2.41. The van der Waals surface area contributed by atoms with Crippen molar-refractivity contribution in [1.29, 1.82) is 0 Å². The maximum atomic E-state index is 5.31. The predicted molar refractivity (Wildman–Crippen MR) is 183 cm³/mol. The first-order chi connectivity index (χ1) is 22.3. The van der Waals surface area contributed by atoms with Gasteiger partial charge in [-0.2, -0.15) is 0 Å². The van der Waals surface area contributed by atoms with Crippen LogP contribution in [0.2, 0.25) is 0 Å². The molecule has 1 aliphatic heterocycles. The molecule has 4 heterocycles. The van der Waals surface area contributed by atoms with Crippen molar-refractivity contribution in [2.24, 2.45) is 0 Å². The highest BCUT2D eigenvalue weighted by molar-refractivity contribution is 5.87. The number of benzene rings is 4. The summed E-state index contributed by atoms with van der Waals surface area (Å²) in [6.45, 7) is 0.736. The van der Waals surface area contributed by atoms with Crippen LogP contribution >= 0.6 is 0 Å². The van der Waals surface area contributed by atoms with E-state index in [4.69, 9.17) is 15.0 Å². The number of hydrogen-bond acceptors (Lipinski definition) is 4. The molecule has 7 aromatic rings. The Morgan fingerprint density at radius 1 is 0.511 bits per heavy atom. The van der Waals surface area contributed by atoms with Crippen LogP contribution in [0.1, 0.15) is 48.4 Å². The molecule has 0 saturated carbocycles. The Morgan fingerprint density at radius 2 is 1.04 bits per heavy atom. The van der Waals surface area contributed by atoms with Gasteiger partial charge in [0.25, 0.3) is 0 Å². The third-order valence-corrected chi connectivity index (χ3v) is 9.14. The molecule has 3 aromatic heterocycles. The number of aromatic nitrogens is 3. The summed E-state index contributed by atoms with van der Waals surface area (Å²) in [6, 6.07) is 49.7. The van der Waals surface area contributed by atoms with Gasteiger partial charge in [-0.1, -0.05) is 91.0 Å². The highest BCUT2D eigenvalue weighted by atomic mass is 15.2. The second-order valence-corrected chi connectivity index (χ2v) is 12.0. The zero-order valence-electron chi connectivity index (χ0n) is 25.1. The van der Waals surface area contributed by atoms with E-state index in [0.717, 1.165) is 65.4 Å². The molecular weight excluding hydrogens is 548 g/mol. The minimum atomic E-state index is 0.150. The van der Waals surface area contributed by atoms with Crippen LogP contribution < -0.4 is 0 Å². The Bertz CT molecular complexity index is 1970. The fraction of sp³-hybridized carbons (Fsp3) is 0.146. The average molecular weight is 583 g/mol. The van der Waals surface area contributed by atoms with Gasteiger partial charge in [0.1, 0.15) is 0 Å². The summed E-state index contributed by atoms with van der Waals surface area (Å²) in [6.07, 6.45) is 5.09. The van der Waals surface area contributed by atoms with E-state index in [1.54, 1.807) is 0 Å². The maximum Gasteiger partial charge on any atom is 0.0706 e. The Labute approximate surface area is 264 Å². The third kappa shape index (κ3) is 5.61. The van der Waals surface area contributed by atoms with E-state index in [2.05, 4.69) is 138 Å². The van der Waals surface area contributed by atoms with Gasteiger partial charge in [-0.05, 0) is 89.3 Å². The molecule has 0 bridgehead atoms. The quantitative estimate of drug-likeness (QED) is 0.196. The monoisotopic (exact) mass is 582 g/mol. The summed E-state index contributed by atoms with van der Waals surface area (Å²) in [4.78, 5) is 17.9. The molecule has 0 N–H and O–H groups in total. The van der Waals surface area contributed by atoms with Crippen molar-refractivity contribution in [2.45, 2.75) is 37.9 Å². The highest BCUT2D eigenvalue weighted by Gasteiger charge is 2.34. The smallest absolute Gasteiger partial charge is 0.0706 e. The molecular formula is C41H34N4. The zero-order valence-corrected chi connectivity index (χ0v) is 25.1. The SMILES string of the molecule is c1ccc(CN2[C@H](c3cccc(-c4ccc5ccccc5c4)n3)CCC[C@H]2c2cccc(-c3ccc4ccccc4c3)n2)nc1. The molecule has 8 rings (SSSR count). The molecule has 4 heteroatoms. The van der Waals surface area contributed by atoms with Crippen molar-refractivity contribution >= 4 is 21.5 Å². The summed E-state index contributed by atoms with van der Waals surface area (Å²) < 4.78 is 0. The first kappa shape index (κ1) is 27.4. The van der Waals surface area contributed by atoms with Crippen molar-refractivity contribution in [3.8, 4) is 22.5 Å². The van der Waals surface area contributed by atoms with Crippen LogP contribution in [0.4, 0.5) is 0 Å². The molecule has 4 aromatic carbocycles. The van der Waals surface area contributed by atoms with Crippen LogP contribution in [-0.2, 0) is 6.54 Å². The van der Waals surface area contributed by atoms with E-state index < -0.39 is 0 Å². The highest BCUT2D eigenvalue weighted by Crippen LogP contribution is 2.42. The Morgan fingerprint density at radius 3 is 1.58 bits per heavy atom. The van der Waals surface area contributed by atoms with Gasteiger partial charge in [0.05, 0.1) is 40.6 Å². The largest absolute Gasteiger partial charge is 0.280 e. The molecule has 4 nitrogen and oxygen atoms in total. The summed E-state index contributed by atoms with van der Waals surface area (Å²) in [5.41, 5.74) is 7.57. The van der Waals surface area contributed by atoms with Crippen molar-refractivity contribution in [1.82, 2.24) is 19.9 Å². The second kappa shape index (κ2) is 12.1. The summed E-state index contributed by atoms with van der Waals surface area (Å²) in [5, 5.41) is 4.95. The number of piperidine rings is 1. The van der Waals surface area contributed by atoms with Crippen LogP contribution in [0, 0.1) is 0 Å².